The Morgan fingerprint density at radius 1 is 1.05 bits per heavy atom. The highest BCUT2D eigenvalue weighted by atomic mass is 35.5. The highest BCUT2D eigenvalue weighted by molar-refractivity contribution is 6.31. The van der Waals surface area contributed by atoms with Crippen molar-refractivity contribution in [2.45, 2.75) is 13.3 Å². The highest BCUT2D eigenvalue weighted by Gasteiger charge is 2.03. The van der Waals surface area contributed by atoms with E-state index in [0.717, 1.165) is 17.7 Å². The predicted octanol–water partition coefficient (Wildman–Crippen LogP) is 5.19. The number of nitrogens with zero attached hydrogens (tertiary/aromatic N) is 1. The van der Waals surface area contributed by atoms with Gasteiger partial charge in [0.1, 0.15) is 0 Å². The van der Waals surface area contributed by atoms with E-state index in [0.29, 0.717) is 15.8 Å². The lowest BCUT2D eigenvalue weighted by atomic mass is 10.1. The molecule has 0 saturated carbocycles. The Morgan fingerprint density at radius 2 is 1.79 bits per heavy atom. The molecule has 0 aliphatic heterocycles. The van der Waals surface area contributed by atoms with Crippen molar-refractivity contribution in [3.8, 4) is 5.75 Å². The third kappa shape index (κ3) is 3.98. The molecule has 4 heteroatoms. The Kier molecular flexibility index (Phi) is 4.83. The molecule has 0 aliphatic rings. The number of benzene rings is 2. The van der Waals surface area contributed by atoms with Crippen LogP contribution in [0.2, 0.25) is 10.0 Å². The molecule has 2 aromatic carbocycles. The lowest BCUT2D eigenvalue weighted by molar-refractivity contribution is 0.340. The topological polar surface area (TPSA) is 21.6 Å². The van der Waals surface area contributed by atoms with Crippen LogP contribution in [0.15, 0.2) is 53.7 Å². The zero-order valence-electron chi connectivity index (χ0n) is 10.4. The van der Waals surface area contributed by atoms with Gasteiger partial charge in [-0.3, -0.25) is 0 Å². The summed E-state index contributed by atoms with van der Waals surface area (Å²) in [4.78, 5) is 5.39. The van der Waals surface area contributed by atoms with Gasteiger partial charge in [0.15, 0.2) is 5.75 Å². The van der Waals surface area contributed by atoms with E-state index in [4.69, 9.17) is 28.0 Å². The van der Waals surface area contributed by atoms with Gasteiger partial charge in [0, 0.05) is 15.6 Å². The fourth-order valence-corrected chi connectivity index (χ4v) is 1.91. The second-order valence-electron chi connectivity index (χ2n) is 3.95. The quantitative estimate of drug-likeness (QED) is 0.562. The van der Waals surface area contributed by atoms with Gasteiger partial charge in [-0.2, -0.15) is 0 Å². The van der Waals surface area contributed by atoms with Gasteiger partial charge in [0.25, 0.3) is 0 Å². The van der Waals surface area contributed by atoms with E-state index in [2.05, 4.69) is 5.16 Å². The lowest BCUT2D eigenvalue weighted by Gasteiger charge is -2.05. The molecular weight excluding hydrogens is 281 g/mol. The molecule has 0 bridgehead atoms. The number of hydrogen-bond donors (Lipinski definition) is 0. The van der Waals surface area contributed by atoms with E-state index in [1.54, 1.807) is 24.3 Å². The maximum absolute atomic E-state index is 5.97. The maximum atomic E-state index is 5.97. The molecule has 0 N–H and O–H groups in total. The minimum atomic E-state index is 0.650. The normalized spacial score (nSPS) is 11.4. The van der Waals surface area contributed by atoms with Crippen molar-refractivity contribution in [3.63, 3.8) is 0 Å². The summed E-state index contributed by atoms with van der Waals surface area (Å²) in [5, 5.41) is 5.52. The van der Waals surface area contributed by atoms with Gasteiger partial charge < -0.3 is 4.84 Å². The van der Waals surface area contributed by atoms with Crippen molar-refractivity contribution in [2.75, 3.05) is 0 Å². The van der Waals surface area contributed by atoms with Crippen LogP contribution in [0, 0.1) is 0 Å². The third-order valence-electron chi connectivity index (χ3n) is 2.57. The summed E-state index contributed by atoms with van der Waals surface area (Å²) in [7, 11) is 0. The van der Waals surface area contributed by atoms with Gasteiger partial charge in [0.05, 0.1) is 5.71 Å². The van der Waals surface area contributed by atoms with Crippen LogP contribution in [0.3, 0.4) is 0 Å². The number of hydrogen-bond acceptors (Lipinski definition) is 2. The largest absolute Gasteiger partial charge is 0.357 e. The molecule has 2 nitrogen and oxygen atoms in total. The summed E-state index contributed by atoms with van der Waals surface area (Å²) in [5.41, 5.74) is 1.81. The zero-order valence-corrected chi connectivity index (χ0v) is 11.9. The van der Waals surface area contributed by atoms with Crippen LogP contribution in [-0.2, 0) is 0 Å². The van der Waals surface area contributed by atoms with Gasteiger partial charge in [-0.05, 0) is 42.8 Å². The Morgan fingerprint density at radius 3 is 2.42 bits per heavy atom. The van der Waals surface area contributed by atoms with E-state index in [1.165, 1.54) is 0 Å². The number of oxime groups is 1. The first kappa shape index (κ1) is 13.9. The molecule has 0 fully saturated rings. The molecule has 2 rings (SSSR count). The van der Waals surface area contributed by atoms with Crippen LogP contribution in [0.1, 0.15) is 18.9 Å². The van der Waals surface area contributed by atoms with Gasteiger partial charge in [-0.1, -0.05) is 47.4 Å². The SMILES string of the molecule is CC/C(=N\Oc1ccc(Cl)cc1)c1cccc(Cl)c1. The zero-order chi connectivity index (χ0) is 13.7. The summed E-state index contributed by atoms with van der Waals surface area (Å²) in [6.45, 7) is 2.02. The summed E-state index contributed by atoms with van der Waals surface area (Å²) in [5.74, 6) is 0.650. The van der Waals surface area contributed by atoms with Crippen LogP contribution in [0.25, 0.3) is 0 Å². The van der Waals surface area contributed by atoms with Gasteiger partial charge in [-0.25, -0.2) is 0 Å². The van der Waals surface area contributed by atoms with Crippen molar-refractivity contribution >= 4 is 28.9 Å². The van der Waals surface area contributed by atoms with Gasteiger partial charge >= 0.3 is 0 Å². The molecule has 19 heavy (non-hydrogen) atoms. The average Bonchev–Trinajstić information content (AvgIpc) is 2.42. The Labute approximate surface area is 122 Å². The van der Waals surface area contributed by atoms with Crippen molar-refractivity contribution in [2.24, 2.45) is 5.16 Å². The van der Waals surface area contributed by atoms with Crippen molar-refractivity contribution < 1.29 is 4.84 Å². The molecule has 0 unspecified atom stereocenters. The van der Waals surface area contributed by atoms with Crippen molar-refractivity contribution in [1.29, 1.82) is 0 Å². The van der Waals surface area contributed by atoms with E-state index in [-0.39, 0.29) is 0 Å². The van der Waals surface area contributed by atoms with Crippen LogP contribution in [-0.4, -0.2) is 5.71 Å². The molecule has 0 heterocycles. The summed E-state index contributed by atoms with van der Waals surface area (Å²) in [6.07, 6.45) is 0.758. The first-order chi connectivity index (χ1) is 9.19. The number of rotatable bonds is 4. The van der Waals surface area contributed by atoms with Crippen LogP contribution < -0.4 is 4.84 Å². The second-order valence-corrected chi connectivity index (χ2v) is 4.82. The molecule has 98 valence electrons. The first-order valence-electron chi connectivity index (χ1n) is 5.94. The molecule has 0 atom stereocenters. The molecule has 0 aromatic heterocycles. The molecule has 0 amide bonds. The molecular formula is C15H13Cl2NO. The summed E-state index contributed by atoms with van der Waals surface area (Å²) in [6, 6.07) is 14.6. The number of halogens is 2. The van der Waals surface area contributed by atoms with Crippen LogP contribution in [0.5, 0.6) is 5.75 Å². The van der Waals surface area contributed by atoms with Gasteiger partial charge in [0.2, 0.25) is 0 Å². The van der Waals surface area contributed by atoms with Gasteiger partial charge in [-0.15, -0.1) is 0 Å². The highest BCUT2D eigenvalue weighted by Crippen LogP contribution is 2.17. The molecule has 2 aromatic rings. The standard InChI is InChI=1S/C15H13Cl2NO/c1-2-15(11-4-3-5-13(17)10-11)18-19-14-8-6-12(16)7-9-14/h3-10H,2H2,1H3/b18-15+. The fraction of sp³-hybridized carbons (Fsp3) is 0.133. The monoisotopic (exact) mass is 293 g/mol. The smallest absolute Gasteiger partial charge is 0.158 e. The van der Waals surface area contributed by atoms with Crippen molar-refractivity contribution in [1.82, 2.24) is 0 Å². The predicted molar refractivity (Wildman–Crippen MR) is 80.4 cm³/mol. The van der Waals surface area contributed by atoms with E-state index >= 15 is 0 Å². The first-order valence-corrected chi connectivity index (χ1v) is 6.70. The van der Waals surface area contributed by atoms with E-state index in [1.807, 2.05) is 31.2 Å². The Bertz CT molecular complexity index is 579. The second kappa shape index (κ2) is 6.60. The lowest BCUT2D eigenvalue weighted by Crippen LogP contribution is -2.01. The fourth-order valence-electron chi connectivity index (χ4n) is 1.59. The summed E-state index contributed by atoms with van der Waals surface area (Å²) < 4.78 is 0. The van der Waals surface area contributed by atoms with E-state index in [9.17, 15) is 0 Å². The molecule has 0 saturated heterocycles. The summed E-state index contributed by atoms with van der Waals surface area (Å²) >= 11 is 11.8. The van der Waals surface area contributed by atoms with Crippen molar-refractivity contribution in [3.05, 3.63) is 64.1 Å². The third-order valence-corrected chi connectivity index (χ3v) is 3.05. The van der Waals surface area contributed by atoms with Crippen LogP contribution in [0.4, 0.5) is 0 Å². The maximum Gasteiger partial charge on any atom is 0.158 e. The molecule has 0 radical (unpaired) electrons. The molecule has 0 spiro atoms. The Balaban J connectivity index is 2.17. The minimum absolute atomic E-state index is 0.650. The van der Waals surface area contributed by atoms with Crippen LogP contribution >= 0.6 is 23.2 Å². The van der Waals surface area contributed by atoms with E-state index < -0.39 is 0 Å². The average molecular weight is 294 g/mol. The minimum Gasteiger partial charge on any atom is -0.357 e. The Hall–Kier alpha value is -1.51. The molecule has 0 aliphatic carbocycles.